The van der Waals surface area contributed by atoms with E-state index in [0.29, 0.717) is 0 Å². The second-order valence-electron chi connectivity index (χ2n) is 5.55. The molecule has 140 valence electrons. The van der Waals surface area contributed by atoms with E-state index in [9.17, 15) is 30.4 Å². The molecule has 3 aromatic carbocycles. The van der Waals surface area contributed by atoms with E-state index in [1.165, 1.54) is 42.5 Å². The molecule has 0 aliphatic heterocycles. The molecule has 0 fully saturated rings. The maximum Gasteiger partial charge on any atom is 0.353 e. The lowest BCUT2D eigenvalue weighted by Crippen LogP contribution is -1.98. The van der Waals surface area contributed by atoms with Crippen molar-refractivity contribution in [3.8, 4) is 22.6 Å². The smallest absolute Gasteiger partial charge is 0.353 e. The predicted molar refractivity (Wildman–Crippen MR) is 99.1 cm³/mol. The summed E-state index contributed by atoms with van der Waals surface area (Å²) in [7, 11) is 0. The van der Waals surface area contributed by atoms with Gasteiger partial charge in [0.15, 0.2) is 0 Å². The van der Waals surface area contributed by atoms with Crippen LogP contribution < -0.4 is 0 Å². The van der Waals surface area contributed by atoms with Crippen molar-refractivity contribution in [2.75, 3.05) is 0 Å². The highest BCUT2D eigenvalue weighted by Gasteiger charge is 2.30. The van der Waals surface area contributed by atoms with E-state index in [1.54, 1.807) is 12.1 Å². The first kappa shape index (κ1) is 18.5. The summed E-state index contributed by atoms with van der Waals surface area (Å²) >= 11 is 0. The molecule has 0 unspecified atom stereocenters. The molecule has 0 saturated carbocycles. The van der Waals surface area contributed by atoms with Crippen LogP contribution in [0.25, 0.3) is 11.1 Å². The van der Waals surface area contributed by atoms with E-state index in [2.05, 4.69) is 10.2 Å². The highest BCUT2D eigenvalue weighted by Crippen LogP contribution is 2.45. The first-order chi connectivity index (χ1) is 13.4. The monoisotopic (exact) mass is 380 g/mol. The Bertz CT molecular complexity index is 1110. The van der Waals surface area contributed by atoms with Crippen LogP contribution in [0.5, 0.6) is 11.5 Å². The largest absolute Gasteiger partial charge is 0.506 e. The van der Waals surface area contributed by atoms with Crippen LogP contribution >= 0.6 is 0 Å². The van der Waals surface area contributed by atoms with E-state index in [1.807, 2.05) is 0 Å². The molecule has 0 saturated heterocycles. The van der Waals surface area contributed by atoms with Gasteiger partial charge in [0.2, 0.25) is 0 Å². The number of phenolic OH excluding ortho intramolecular Hbond substituents is 2. The second kappa shape index (κ2) is 7.50. The molecule has 0 bridgehead atoms. The van der Waals surface area contributed by atoms with Gasteiger partial charge >= 0.3 is 11.4 Å². The molecule has 2 N–H and O–H groups in total. The van der Waals surface area contributed by atoms with Crippen LogP contribution in [0, 0.1) is 20.2 Å². The van der Waals surface area contributed by atoms with Crippen molar-refractivity contribution in [2.45, 2.75) is 0 Å². The van der Waals surface area contributed by atoms with Crippen LogP contribution in [-0.4, -0.2) is 20.1 Å². The number of nitrogens with zero attached hydrogens (tertiary/aromatic N) is 4. The zero-order chi connectivity index (χ0) is 20.3. The third-order valence-electron chi connectivity index (χ3n) is 3.84. The number of para-hydroxylation sites is 2. The standard InChI is InChI=1S/C18H12N4O6/c23-15-9-2-1-7-13(15)19-20-17-11(5-4-10-16(17)24)12-6-3-8-14(21(25)26)18(12)22(27)28/h1-10,23-24H. The van der Waals surface area contributed by atoms with Crippen molar-refractivity contribution in [3.63, 3.8) is 0 Å². The molecule has 0 amide bonds. The number of rotatable bonds is 5. The molecule has 0 aliphatic carbocycles. The average Bonchev–Trinajstić information content (AvgIpc) is 2.67. The summed E-state index contributed by atoms with van der Waals surface area (Å²) in [5.41, 5.74) is -1.44. The summed E-state index contributed by atoms with van der Waals surface area (Å²) in [5, 5.41) is 50.4. The Kier molecular flexibility index (Phi) is 4.94. The zero-order valence-corrected chi connectivity index (χ0v) is 14.1. The van der Waals surface area contributed by atoms with Crippen LogP contribution in [0.15, 0.2) is 70.9 Å². The Hall–Kier alpha value is -4.34. The Morgan fingerprint density at radius 1 is 0.714 bits per heavy atom. The van der Waals surface area contributed by atoms with Gasteiger partial charge < -0.3 is 10.2 Å². The fourth-order valence-corrected chi connectivity index (χ4v) is 2.59. The van der Waals surface area contributed by atoms with Gasteiger partial charge in [-0.05, 0) is 24.3 Å². The summed E-state index contributed by atoms with van der Waals surface area (Å²) in [4.78, 5) is 21.0. The number of azo groups is 1. The third kappa shape index (κ3) is 3.46. The van der Waals surface area contributed by atoms with Crippen LogP contribution in [0.3, 0.4) is 0 Å². The molecule has 0 aromatic heterocycles. The topological polar surface area (TPSA) is 151 Å². The zero-order valence-electron chi connectivity index (χ0n) is 14.1. The van der Waals surface area contributed by atoms with E-state index in [4.69, 9.17) is 0 Å². The van der Waals surface area contributed by atoms with Crippen molar-refractivity contribution in [1.82, 2.24) is 0 Å². The SMILES string of the molecule is O=[N+]([O-])c1cccc(-c2cccc(O)c2N=Nc2ccccc2O)c1[N+](=O)[O-]. The van der Waals surface area contributed by atoms with Gasteiger partial charge in [-0.3, -0.25) is 20.2 Å². The number of phenols is 2. The number of aromatic hydroxyl groups is 2. The van der Waals surface area contributed by atoms with Crippen molar-refractivity contribution in [1.29, 1.82) is 0 Å². The van der Waals surface area contributed by atoms with Gasteiger partial charge in [-0.25, -0.2) is 0 Å². The van der Waals surface area contributed by atoms with Gasteiger partial charge in [0.1, 0.15) is 22.9 Å². The lowest BCUT2D eigenvalue weighted by atomic mass is 10.0. The molecule has 0 spiro atoms. The normalized spacial score (nSPS) is 10.9. The average molecular weight is 380 g/mol. The third-order valence-corrected chi connectivity index (χ3v) is 3.84. The fraction of sp³-hybridized carbons (Fsp3) is 0. The highest BCUT2D eigenvalue weighted by atomic mass is 16.6. The van der Waals surface area contributed by atoms with Crippen LogP contribution in [0.4, 0.5) is 22.7 Å². The maximum absolute atomic E-state index is 11.5. The molecular formula is C18H12N4O6. The summed E-state index contributed by atoms with van der Waals surface area (Å²) in [6, 6.07) is 13.9. The molecule has 0 atom stereocenters. The Labute approximate surface area is 157 Å². The molecule has 0 aliphatic rings. The highest BCUT2D eigenvalue weighted by molar-refractivity contribution is 5.87. The van der Waals surface area contributed by atoms with Gasteiger partial charge in [0.05, 0.1) is 15.4 Å². The van der Waals surface area contributed by atoms with Crippen LogP contribution in [0.1, 0.15) is 0 Å². The summed E-state index contributed by atoms with van der Waals surface area (Å²) < 4.78 is 0. The number of benzene rings is 3. The van der Waals surface area contributed by atoms with Gasteiger partial charge in [0.25, 0.3) is 0 Å². The number of nitro benzene ring substituents is 2. The maximum atomic E-state index is 11.5. The number of hydrogen-bond donors (Lipinski definition) is 2. The van der Waals surface area contributed by atoms with Gasteiger partial charge in [0, 0.05) is 11.6 Å². The minimum absolute atomic E-state index is 0.0783. The fourth-order valence-electron chi connectivity index (χ4n) is 2.59. The lowest BCUT2D eigenvalue weighted by Gasteiger charge is -2.08. The van der Waals surface area contributed by atoms with E-state index in [-0.39, 0.29) is 34.0 Å². The lowest BCUT2D eigenvalue weighted by molar-refractivity contribution is -0.422. The minimum atomic E-state index is -0.860. The number of hydrogen-bond acceptors (Lipinski definition) is 8. The van der Waals surface area contributed by atoms with E-state index < -0.39 is 21.2 Å². The van der Waals surface area contributed by atoms with Crippen LogP contribution in [-0.2, 0) is 0 Å². The Balaban J connectivity index is 2.22. The first-order valence-electron chi connectivity index (χ1n) is 7.84. The molecule has 28 heavy (non-hydrogen) atoms. The molecule has 0 radical (unpaired) electrons. The Morgan fingerprint density at radius 2 is 1.36 bits per heavy atom. The first-order valence-corrected chi connectivity index (χ1v) is 7.84. The van der Waals surface area contributed by atoms with Crippen LogP contribution in [0.2, 0.25) is 0 Å². The minimum Gasteiger partial charge on any atom is -0.506 e. The molecule has 3 aromatic rings. The summed E-state index contributed by atoms with van der Waals surface area (Å²) in [6.07, 6.45) is 0. The molecule has 10 nitrogen and oxygen atoms in total. The molecular weight excluding hydrogens is 368 g/mol. The summed E-state index contributed by atoms with van der Waals surface area (Å²) in [5.74, 6) is -0.484. The Morgan fingerprint density at radius 3 is 2.04 bits per heavy atom. The number of nitro groups is 2. The van der Waals surface area contributed by atoms with Crippen molar-refractivity contribution in [2.24, 2.45) is 10.2 Å². The second-order valence-corrected chi connectivity index (χ2v) is 5.55. The van der Waals surface area contributed by atoms with E-state index in [0.717, 1.165) is 6.07 Å². The molecule has 10 heteroatoms. The van der Waals surface area contributed by atoms with Gasteiger partial charge in [-0.1, -0.05) is 30.3 Å². The van der Waals surface area contributed by atoms with Gasteiger partial charge in [-0.2, -0.15) is 0 Å². The predicted octanol–water partition coefficient (Wildman–Crippen LogP) is 5.00. The van der Waals surface area contributed by atoms with Crippen molar-refractivity contribution in [3.05, 3.63) is 80.9 Å². The molecule has 3 rings (SSSR count). The molecule has 0 heterocycles. The van der Waals surface area contributed by atoms with Crippen molar-refractivity contribution < 1.29 is 20.1 Å². The quantitative estimate of drug-likeness (QED) is 0.361. The van der Waals surface area contributed by atoms with Gasteiger partial charge in [-0.15, -0.1) is 10.2 Å². The van der Waals surface area contributed by atoms with E-state index >= 15 is 0 Å². The summed E-state index contributed by atoms with van der Waals surface area (Å²) in [6.45, 7) is 0. The van der Waals surface area contributed by atoms with Crippen molar-refractivity contribution >= 4 is 22.7 Å².